The number of urea groups is 2. The molecule has 0 unspecified atom stereocenters. The number of hydrogen-bond donors (Lipinski definition) is 4. The summed E-state index contributed by atoms with van der Waals surface area (Å²) in [6, 6.07) is 5.68. The highest BCUT2D eigenvalue weighted by atomic mass is 32.2. The number of esters is 1. The fraction of sp³-hybridized carbons (Fsp3) is 0.412. The number of benzene rings is 1. The molecule has 0 fully saturated rings. The van der Waals surface area contributed by atoms with Gasteiger partial charge in [0.05, 0.1) is 0 Å². The highest BCUT2D eigenvalue weighted by molar-refractivity contribution is 7.98. The fourth-order valence-corrected chi connectivity index (χ4v) is 2.61. The van der Waals surface area contributed by atoms with Gasteiger partial charge < -0.3 is 21.1 Å². The summed E-state index contributed by atoms with van der Waals surface area (Å²) in [5.41, 5.74) is 5.49. The van der Waals surface area contributed by atoms with Crippen LogP contribution in [0.3, 0.4) is 0 Å². The molecule has 1 aromatic carbocycles. The van der Waals surface area contributed by atoms with E-state index in [2.05, 4.69) is 16.0 Å². The topological polar surface area (TPSA) is 140 Å². The first-order chi connectivity index (χ1) is 12.9. The second kappa shape index (κ2) is 11.8. The van der Waals surface area contributed by atoms with Crippen LogP contribution in [0.15, 0.2) is 30.3 Å². The predicted molar refractivity (Wildman–Crippen MR) is 102 cm³/mol. The maximum atomic E-state index is 12.5. The van der Waals surface area contributed by atoms with Crippen LogP contribution in [0.1, 0.15) is 25.0 Å². The molecule has 0 saturated carbocycles. The lowest BCUT2D eigenvalue weighted by Gasteiger charge is -2.21. The van der Waals surface area contributed by atoms with Crippen molar-refractivity contribution in [2.75, 3.05) is 18.6 Å². The zero-order valence-electron chi connectivity index (χ0n) is 15.2. The summed E-state index contributed by atoms with van der Waals surface area (Å²) in [5.74, 6) is -1.05. The molecular weight excluding hydrogens is 372 g/mol. The summed E-state index contributed by atoms with van der Waals surface area (Å²) < 4.78 is 5.33. The molecule has 1 aromatic rings. The molecule has 1 rings (SSSR count). The third-order valence-electron chi connectivity index (χ3n) is 3.36. The van der Waals surface area contributed by atoms with Crippen LogP contribution in [-0.4, -0.2) is 48.5 Å². The molecule has 5 N–H and O–H groups in total. The van der Waals surface area contributed by atoms with E-state index in [1.54, 1.807) is 37.3 Å². The Balaban J connectivity index is 2.97. The van der Waals surface area contributed by atoms with Crippen molar-refractivity contribution in [3.8, 4) is 0 Å². The zero-order valence-corrected chi connectivity index (χ0v) is 16.0. The first-order valence-corrected chi connectivity index (χ1v) is 9.67. The Morgan fingerprint density at radius 3 is 2.41 bits per heavy atom. The number of primary amides is 1. The van der Waals surface area contributed by atoms with E-state index in [0.29, 0.717) is 17.9 Å². The van der Waals surface area contributed by atoms with Gasteiger partial charge in [-0.15, -0.1) is 0 Å². The first kappa shape index (κ1) is 22.3. The fourth-order valence-electron chi connectivity index (χ4n) is 2.14. The molecule has 2 atom stereocenters. The van der Waals surface area contributed by atoms with Crippen LogP contribution in [-0.2, 0) is 14.3 Å². The van der Waals surface area contributed by atoms with Crippen LogP contribution in [0.2, 0.25) is 0 Å². The van der Waals surface area contributed by atoms with Crippen LogP contribution in [0.5, 0.6) is 0 Å². The Morgan fingerprint density at radius 2 is 1.85 bits per heavy atom. The van der Waals surface area contributed by atoms with Crippen LogP contribution in [0, 0.1) is 0 Å². The molecule has 0 saturated heterocycles. The van der Waals surface area contributed by atoms with Gasteiger partial charge in [0.1, 0.15) is 6.04 Å². The average molecular weight is 396 g/mol. The summed E-state index contributed by atoms with van der Waals surface area (Å²) in [7, 11) is 0. The van der Waals surface area contributed by atoms with Crippen molar-refractivity contribution < 1.29 is 23.9 Å². The third kappa shape index (κ3) is 7.99. The molecule has 27 heavy (non-hydrogen) atoms. The lowest BCUT2D eigenvalue weighted by atomic mass is 10.1. The van der Waals surface area contributed by atoms with Gasteiger partial charge in [-0.3, -0.25) is 10.1 Å². The normalized spacial score (nSPS) is 12.4. The van der Waals surface area contributed by atoms with Gasteiger partial charge in [-0.05, 0) is 25.4 Å². The Bertz CT molecular complexity index is 656. The van der Waals surface area contributed by atoms with E-state index >= 15 is 0 Å². The van der Waals surface area contributed by atoms with Gasteiger partial charge in [-0.1, -0.05) is 30.3 Å². The van der Waals surface area contributed by atoms with E-state index in [9.17, 15) is 19.2 Å². The molecule has 10 heteroatoms. The molecular formula is C17H24N4O5S. The predicted octanol–water partition coefficient (Wildman–Crippen LogP) is 0.907. The number of carbonyl (C=O) groups excluding carboxylic acids is 4. The molecule has 0 aliphatic carbocycles. The van der Waals surface area contributed by atoms with Crippen LogP contribution in [0.25, 0.3) is 0 Å². The molecule has 148 valence electrons. The second-order valence-corrected chi connectivity index (χ2v) is 6.40. The van der Waals surface area contributed by atoms with Gasteiger partial charge >= 0.3 is 18.0 Å². The quantitative estimate of drug-likeness (QED) is 0.457. The van der Waals surface area contributed by atoms with E-state index in [-0.39, 0.29) is 6.42 Å². The second-order valence-electron chi connectivity index (χ2n) is 5.42. The summed E-state index contributed by atoms with van der Waals surface area (Å²) in [5, 5.41) is 6.86. The Labute approximate surface area is 161 Å². The van der Waals surface area contributed by atoms with Crippen molar-refractivity contribution in [1.82, 2.24) is 16.0 Å². The Kier molecular flexibility index (Phi) is 9.73. The number of carbonyl (C=O) groups is 4. The summed E-state index contributed by atoms with van der Waals surface area (Å²) in [6.45, 7) is 2.03. The molecule has 9 nitrogen and oxygen atoms in total. The van der Waals surface area contributed by atoms with Gasteiger partial charge in [0.15, 0.2) is 0 Å². The highest BCUT2D eigenvalue weighted by Gasteiger charge is 2.30. The van der Waals surface area contributed by atoms with E-state index in [1.165, 1.54) is 11.8 Å². The van der Waals surface area contributed by atoms with Crippen molar-refractivity contribution in [2.45, 2.75) is 25.5 Å². The van der Waals surface area contributed by atoms with E-state index in [4.69, 9.17) is 10.5 Å². The van der Waals surface area contributed by atoms with Crippen LogP contribution >= 0.6 is 11.8 Å². The summed E-state index contributed by atoms with van der Waals surface area (Å²) in [6.07, 6.45) is 0.773. The number of hydrogen-bond acceptors (Lipinski definition) is 6. The van der Waals surface area contributed by atoms with Gasteiger partial charge in [-0.2, -0.15) is 11.8 Å². The zero-order chi connectivity index (χ0) is 20.2. The molecule has 0 bridgehead atoms. The monoisotopic (exact) mass is 396 g/mol. The number of imide groups is 1. The number of thioether (sulfide) groups is 1. The molecule has 0 aliphatic rings. The van der Waals surface area contributed by atoms with Gasteiger partial charge in [0.2, 0.25) is 6.10 Å². The van der Waals surface area contributed by atoms with Gasteiger partial charge in [0, 0.05) is 12.1 Å². The first-order valence-electron chi connectivity index (χ1n) is 8.28. The summed E-state index contributed by atoms with van der Waals surface area (Å²) in [4.78, 5) is 47.7. The largest absolute Gasteiger partial charge is 0.446 e. The van der Waals surface area contributed by atoms with Crippen molar-refractivity contribution in [3.05, 3.63) is 35.9 Å². The standard InChI is InChI=1S/C17H24N4O5S/c1-3-19-17(25)21-14(22)13(11-7-5-4-6-8-11)26-15(23)12(9-10-27-2)20-16(18)24/h4-8,12-13H,3,9-10H2,1-2H3,(H3,18,20,24)(H2,19,21,22,25)/t12-,13-/m0/s1. The average Bonchev–Trinajstić information content (AvgIpc) is 2.63. The minimum Gasteiger partial charge on any atom is -0.446 e. The van der Waals surface area contributed by atoms with Crippen molar-refractivity contribution in [1.29, 1.82) is 0 Å². The minimum atomic E-state index is -1.35. The lowest BCUT2D eigenvalue weighted by molar-refractivity contribution is -0.158. The van der Waals surface area contributed by atoms with Gasteiger partial charge in [0.25, 0.3) is 5.91 Å². The Morgan fingerprint density at radius 1 is 1.19 bits per heavy atom. The minimum absolute atomic E-state index is 0.280. The molecule has 0 radical (unpaired) electrons. The molecule has 0 aromatic heterocycles. The number of nitrogens with two attached hydrogens (primary N) is 1. The smallest absolute Gasteiger partial charge is 0.329 e. The number of rotatable bonds is 9. The molecule has 0 spiro atoms. The summed E-state index contributed by atoms with van der Waals surface area (Å²) >= 11 is 1.48. The molecule has 0 aliphatic heterocycles. The van der Waals surface area contributed by atoms with E-state index < -0.39 is 36.1 Å². The number of nitrogens with one attached hydrogen (secondary N) is 3. The number of ether oxygens (including phenoxy) is 1. The van der Waals surface area contributed by atoms with Crippen molar-refractivity contribution in [3.63, 3.8) is 0 Å². The molecule has 0 heterocycles. The maximum Gasteiger partial charge on any atom is 0.329 e. The number of amides is 5. The third-order valence-corrected chi connectivity index (χ3v) is 4.00. The Hall–Kier alpha value is -2.75. The van der Waals surface area contributed by atoms with Crippen LogP contribution in [0.4, 0.5) is 9.59 Å². The molecule has 5 amide bonds. The lowest BCUT2D eigenvalue weighted by Crippen LogP contribution is -2.47. The van der Waals surface area contributed by atoms with Gasteiger partial charge in [-0.25, -0.2) is 14.4 Å². The van der Waals surface area contributed by atoms with Crippen molar-refractivity contribution in [2.24, 2.45) is 5.73 Å². The van der Waals surface area contributed by atoms with E-state index in [1.807, 2.05) is 6.26 Å². The SMILES string of the molecule is CCNC(=O)NC(=O)[C@@H](OC(=O)[C@H](CCSC)NC(N)=O)c1ccccc1. The van der Waals surface area contributed by atoms with E-state index in [0.717, 1.165) is 0 Å². The van der Waals surface area contributed by atoms with Crippen LogP contribution < -0.4 is 21.7 Å². The van der Waals surface area contributed by atoms with Crippen molar-refractivity contribution >= 4 is 35.7 Å². The maximum absolute atomic E-state index is 12.5. The highest BCUT2D eigenvalue weighted by Crippen LogP contribution is 2.19.